The second-order valence-corrected chi connectivity index (χ2v) is 6.47. The largest absolute Gasteiger partial charge is 0.319 e. The lowest BCUT2D eigenvalue weighted by Crippen LogP contribution is -2.26. The summed E-state index contributed by atoms with van der Waals surface area (Å²) in [5.41, 5.74) is 0.730. The smallest absolute Gasteiger partial charge is 0.277 e. The van der Waals surface area contributed by atoms with E-state index in [0.29, 0.717) is 4.57 Å². The lowest BCUT2D eigenvalue weighted by Gasteiger charge is -2.15. The Bertz CT molecular complexity index is 742. The van der Waals surface area contributed by atoms with Crippen LogP contribution >= 0.6 is 0 Å². The summed E-state index contributed by atoms with van der Waals surface area (Å²) in [6.07, 6.45) is 3.77. The van der Waals surface area contributed by atoms with Gasteiger partial charge in [-0.05, 0) is 11.6 Å². The molecule has 0 N–H and O–H groups in total. The molecule has 118 valence electrons. The standard InChI is InChI=1S/C14H15F2N3O2S/c1-18(11-13-17-8-9-19(13)14(15)16)22(20,21)10-7-12-5-3-2-4-6-12/h2-10,14H,11H2,1H3/b10-7+. The van der Waals surface area contributed by atoms with Gasteiger partial charge in [-0.15, -0.1) is 0 Å². The van der Waals surface area contributed by atoms with Crippen molar-refractivity contribution < 1.29 is 17.2 Å². The van der Waals surface area contributed by atoms with Crippen LogP contribution in [0.4, 0.5) is 8.78 Å². The van der Waals surface area contributed by atoms with E-state index in [-0.39, 0.29) is 12.4 Å². The molecule has 0 radical (unpaired) electrons. The minimum Gasteiger partial charge on any atom is -0.277 e. The fraction of sp³-hybridized carbons (Fsp3) is 0.214. The molecule has 0 saturated carbocycles. The molecule has 1 aromatic heterocycles. The Kier molecular flexibility index (Phi) is 5.04. The minimum atomic E-state index is -3.72. The van der Waals surface area contributed by atoms with Gasteiger partial charge in [0, 0.05) is 24.8 Å². The van der Waals surface area contributed by atoms with Gasteiger partial charge in [-0.2, -0.15) is 13.1 Å². The van der Waals surface area contributed by atoms with Crippen LogP contribution in [0.1, 0.15) is 17.9 Å². The van der Waals surface area contributed by atoms with Crippen LogP contribution in [-0.2, 0) is 16.6 Å². The number of aromatic nitrogens is 2. The van der Waals surface area contributed by atoms with Crippen molar-refractivity contribution in [1.29, 1.82) is 0 Å². The summed E-state index contributed by atoms with van der Waals surface area (Å²) in [5, 5.41) is 1.04. The number of nitrogens with zero attached hydrogens (tertiary/aromatic N) is 3. The SMILES string of the molecule is CN(Cc1nccn1C(F)F)S(=O)(=O)/C=C/c1ccccc1. The Morgan fingerprint density at radius 3 is 2.64 bits per heavy atom. The molecule has 0 aliphatic rings. The Hall–Kier alpha value is -2.06. The van der Waals surface area contributed by atoms with E-state index in [1.165, 1.54) is 19.3 Å². The van der Waals surface area contributed by atoms with Gasteiger partial charge in [-0.3, -0.25) is 4.57 Å². The summed E-state index contributed by atoms with van der Waals surface area (Å²) < 4.78 is 51.3. The maximum atomic E-state index is 12.7. The molecule has 0 atom stereocenters. The van der Waals surface area contributed by atoms with E-state index in [4.69, 9.17) is 0 Å². The molecule has 22 heavy (non-hydrogen) atoms. The van der Waals surface area contributed by atoms with E-state index in [0.717, 1.165) is 21.5 Å². The number of hydrogen-bond acceptors (Lipinski definition) is 3. The number of rotatable bonds is 6. The van der Waals surface area contributed by atoms with Crippen molar-refractivity contribution in [3.63, 3.8) is 0 Å². The van der Waals surface area contributed by atoms with Gasteiger partial charge in [-0.1, -0.05) is 30.3 Å². The van der Waals surface area contributed by atoms with Crippen LogP contribution < -0.4 is 0 Å². The molecule has 0 amide bonds. The molecule has 5 nitrogen and oxygen atoms in total. The molecule has 0 fully saturated rings. The third-order valence-corrected chi connectivity index (χ3v) is 4.47. The number of halogens is 2. The number of sulfonamides is 1. The average Bonchev–Trinajstić information content (AvgIpc) is 2.94. The van der Waals surface area contributed by atoms with E-state index >= 15 is 0 Å². The zero-order chi connectivity index (χ0) is 16.2. The fourth-order valence-electron chi connectivity index (χ4n) is 1.77. The lowest BCUT2D eigenvalue weighted by atomic mass is 10.2. The van der Waals surface area contributed by atoms with Crippen molar-refractivity contribution in [3.8, 4) is 0 Å². The molecule has 1 heterocycles. The molecule has 0 saturated heterocycles. The molecule has 8 heteroatoms. The van der Waals surface area contributed by atoms with Crippen molar-refractivity contribution in [2.24, 2.45) is 0 Å². The molecule has 0 unspecified atom stereocenters. The number of imidazole rings is 1. The van der Waals surface area contributed by atoms with Crippen molar-refractivity contribution in [2.75, 3.05) is 7.05 Å². The summed E-state index contributed by atoms with van der Waals surface area (Å²) in [6, 6.07) is 8.91. The predicted octanol–water partition coefficient (Wildman–Crippen LogP) is 2.71. The Morgan fingerprint density at radius 2 is 2.00 bits per heavy atom. The van der Waals surface area contributed by atoms with Crippen LogP contribution in [-0.4, -0.2) is 29.3 Å². The molecule has 0 bridgehead atoms. The minimum absolute atomic E-state index is 0.0193. The van der Waals surface area contributed by atoms with E-state index in [1.54, 1.807) is 24.3 Å². The zero-order valence-electron chi connectivity index (χ0n) is 11.8. The topological polar surface area (TPSA) is 55.2 Å². The van der Waals surface area contributed by atoms with Gasteiger partial charge in [0.2, 0.25) is 10.0 Å². The first-order valence-corrected chi connectivity index (χ1v) is 7.90. The molecule has 2 rings (SSSR count). The van der Waals surface area contributed by atoms with E-state index in [1.807, 2.05) is 6.07 Å². The Morgan fingerprint density at radius 1 is 1.32 bits per heavy atom. The maximum Gasteiger partial charge on any atom is 0.319 e. The highest BCUT2D eigenvalue weighted by Gasteiger charge is 2.19. The summed E-state index contributed by atoms with van der Waals surface area (Å²) in [5.74, 6) is -0.0193. The van der Waals surface area contributed by atoms with Gasteiger partial charge < -0.3 is 0 Å². The van der Waals surface area contributed by atoms with Crippen LogP contribution in [0.25, 0.3) is 6.08 Å². The normalized spacial score (nSPS) is 12.6. The van der Waals surface area contributed by atoms with Gasteiger partial charge in [0.15, 0.2) is 0 Å². The number of hydrogen-bond donors (Lipinski definition) is 0. The molecule has 0 aliphatic carbocycles. The molecular weight excluding hydrogens is 312 g/mol. The molecule has 1 aromatic carbocycles. The summed E-state index contributed by atoms with van der Waals surface area (Å²) in [4.78, 5) is 3.76. The molecule has 2 aromatic rings. The van der Waals surface area contributed by atoms with Gasteiger partial charge in [0.1, 0.15) is 5.82 Å². The molecular formula is C14H15F2N3O2S. The van der Waals surface area contributed by atoms with Gasteiger partial charge in [0.25, 0.3) is 0 Å². The third-order valence-electron chi connectivity index (χ3n) is 2.99. The highest BCUT2D eigenvalue weighted by molar-refractivity contribution is 7.92. The third kappa shape index (κ3) is 3.99. The lowest BCUT2D eigenvalue weighted by molar-refractivity contribution is 0.0658. The van der Waals surface area contributed by atoms with E-state index in [2.05, 4.69) is 4.98 Å². The highest BCUT2D eigenvalue weighted by atomic mass is 32.2. The first-order chi connectivity index (χ1) is 10.4. The van der Waals surface area contributed by atoms with Crippen molar-refractivity contribution in [3.05, 3.63) is 59.5 Å². The van der Waals surface area contributed by atoms with Crippen LogP contribution in [0.15, 0.2) is 48.1 Å². The van der Waals surface area contributed by atoms with Crippen molar-refractivity contribution >= 4 is 16.1 Å². The van der Waals surface area contributed by atoms with Crippen molar-refractivity contribution in [2.45, 2.75) is 13.1 Å². The molecule has 0 aliphatic heterocycles. The monoisotopic (exact) mass is 327 g/mol. The summed E-state index contributed by atoms with van der Waals surface area (Å²) in [7, 11) is -2.41. The summed E-state index contributed by atoms with van der Waals surface area (Å²) >= 11 is 0. The Labute approximate surface area is 127 Å². The fourth-order valence-corrected chi connectivity index (χ4v) is 2.60. The first-order valence-electron chi connectivity index (χ1n) is 6.39. The van der Waals surface area contributed by atoms with Crippen LogP contribution in [0.3, 0.4) is 0 Å². The van der Waals surface area contributed by atoms with Crippen LogP contribution in [0.2, 0.25) is 0 Å². The quantitative estimate of drug-likeness (QED) is 0.820. The van der Waals surface area contributed by atoms with Gasteiger partial charge in [-0.25, -0.2) is 13.4 Å². The predicted molar refractivity (Wildman–Crippen MR) is 79.3 cm³/mol. The van der Waals surface area contributed by atoms with Gasteiger partial charge in [0.05, 0.1) is 6.54 Å². The molecule has 0 spiro atoms. The highest BCUT2D eigenvalue weighted by Crippen LogP contribution is 2.15. The van der Waals surface area contributed by atoms with Gasteiger partial charge >= 0.3 is 6.55 Å². The van der Waals surface area contributed by atoms with Crippen LogP contribution in [0.5, 0.6) is 0 Å². The summed E-state index contributed by atoms with van der Waals surface area (Å²) in [6.45, 7) is -2.99. The Balaban J connectivity index is 2.12. The average molecular weight is 327 g/mol. The second kappa shape index (κ2) is 6.80. The zero-order valence-corrected chi connectivity index (χ0v) is 12.6. The van der Waals surface area contributed by atoms with E-state index < -0.39 is 16.6 Å². The van der Waals surface area contributed by atoms with E-state index in [9.17, 15) is 17.2 Å². The van der Waals surface area contributed by atoms with Crippen LogP contribution in [0, 0.1) is 0 Å². The second-order valence-electron chi connectivity index (χ2n) is 4.54. The number of alkyl halides is 2. The van der Waals surface area contributed by atoms with Crippen molar-refractivity contribution in [1.82, 2.24) is 13.9 Å². The number of benzene rings is 1. The maximum absolute atomic E-state index is 12.7. The first kappa shape index (κ1) is 16.3.